The smallest absolute Gasteiger partial charge is 0.234 e. The predicted octanol–water partition coefficient (Wildman–Crippen LogP) is 3.40. The maximum absolute atomic E-state index is 12.3. The fraction of sp³-hybridized carbons (Fsp3) is 0.500. The van der Waals surface area contributed by atoms with E-state index in [1.807, 2.05) is 36.6 Å². The first-order valence-corrected chi connectivity index (χ1v) is 9.33. The van der Waals surface area contributed by atoms with Gasteiger partial charge in [0, 0.05) is 25.3 Å². The SMILES string of the molecule is COCCn1c(SCC(=O)Nc2cc(C)ccc2C)nnc1C(C)C. The van der Waals surface area contributed by atoms with Crippen LogP contribution in [0.15, 0.2) is 23.4 Å². The van der Waals surface area contributed by atoms with Crippen LogP contribution in [0.4, 0.5) is 5.69 Å². The number of nitrogens with zero attached hydrogens (tertiary/aromatic N) is 3. The fourth-order valence-corrected chi connectivity index (χ4v) is 3.19. The molecule has 1 aromatic carbocycles. The van der Waals surface area contributed by atoms with Crippen molar-refractivity contribution in [3.63, 3.8) is 0 Å². The van der Waals surface area contributed by atoms with E-state index in [1.54, 1.807) is 7.11 Å². The van der Waals surface area contributed by atoms with Crippen molar-refractivity contribution in [2.75, 3.05) is 24.8 Å². The van der Waals surface area contributed by atoms with Crippen LogP contribution in [0.3, 0.4) is 0 Å². The van der Waals surface area contributed by atoms with Crippen LogP contribution < -0.4 is 5.32 Å². The highest BCUT2D eigenvalue weighted by molar-refractivity contribution is 7.99. The van der Waals surface area contributed by atoms with E-state index in [-0.39, 0.29) is 17.6 Å². The minimum Gasteiger partial charge on any atom is -0.383 e. The average molecular weight is 362 g/mol. The van der Waals surface area contributed by atoms with Gasteiger partial charge in [-0.3, -0.25) is 4.79 Å². The summed E-state index contributed by atoms with van der Waals surface area (Å²) < 4.78 is 7.20. The van der Waals surface area contributed by atoms with Crippen LogP contribution in [-0.4, -0.2) is 40.1 Å². The number of amides is 1. The Morgan fingerprint density at radius 3 is 2.76 bits per heavy atom. The zero-order chi connectivity index (χ0) is 18.4. The fourth-order valence-electron chi connectivity index (χ4n) is 2.41. The third kappa shape index (κ3) is 5.31. The van der Waals surface area contributed by atoms with Crippen molar-refractivity contribution in [1.29, 1.82) is 0 Å². The minimum atomic E-state index is -0.0499. The molecule has 1 aromatic heterocycles. The van der Waals surface area contributed by atoms with Crippen LogP contribution in [0, 0.1) is 13.8 Å². The molecule has 0 bridgehead atoms. The number of rotatable bonds is 8. The summed E-state index contributed by atoms with van der Waals surface area (Å²) in [7, 11) is 1.67. The van der Waals surface area contributed by atoms with Gasteiger partial charge >= 0.3 is 0 Å². The van der Waals surface area contributed by atoms with E-state index < -0.39 is 0 Å². The van der Waals surface area contributed by atoms with Crippen LogP contribution in [-0.2, 0) is 16.1 Å². The Morgan fingerprint density at radius 2 is 2.08 bits per heavy atom. The lowest BCUT2D eigenvalue weighted by Gasteiger charge is -2.12. The topological polar surface area (TPSA) is 69.0 Å². The number of methoxy groups -OCH3 is 1. The molecule has 0 saturated heterocycles. The first-order valence-electron chi connectivity index (χ1n) is 8.34. The van der Waals surface area contributed by atoms with E-state index in [0.29, 0.717) is 13.2 Å². The monoisotopic (exact) mass is 362 g/mol. The van der Waals surface area contributed by atoms with E-state index in [1.165, 1.54) is 11.8 Å². The first-order chi connectivity index (χ1) is 11.9. The highest BCUT2D eigenvalue weighted by atomic mass is 32.2. The summed E-state index contributed by atoms with van der Waals surface area (Å²) in [6.07, 6.45) is 0. The third-order valence-corrected chi connectivity index (χ3v) is 4.75. The number of thioether (sulfide) groups is 1. The maximum atomic E-state index is 12.3. The number of ether oxygens (including phenoxy) is 1. The molecule has 0 fully saturated rings. The van der Waals surface area contributed by atoms with Crippen LogP contribution in [0.2, 0.25) is 0 Å². The van der Waals surface area contributed by atoms with Crippen LogP contribution in [0.25, 0.3) is 0 Å². The number of nitrogens with one attached hydrogen (secondary N) is 1. The van der Waals surface area contributed by atoms with Crippen LogP contribution >= 0.6 is 11.8 Å². The molecule has 0 atom stereocenters. The summed E-state index contributed by atoms with van der Waals surface area (Å²) in [4.78, 5) is 12.3. The minimum absolute atomic E-state index is 0.0499. The third-order valence-electron chi connectivity index (χ3n) is 3.78. The number of hydrogen-bond donors (Lipinski definition) is 1. The van der Waals surface area contributed by atoms with Crippen molar-refractivity contribution in [3.05, 3.63) is 35.2 Å². The molecule has 6 nitrogen and oxygen atoms in total. The van der Waals surface area contributed by atoms with Gasteiger partial charge in [-0.15, -0.1) is 10.2 Å². The molecule has 0 aliphatic carbocycles. The Balaban J connectivity index is 2.02. The molecule has 136 valence electrons. The van der Waals surface area contributed by atoms with Crippen molar-refractivity contribution in [1.82, 2.24) is 14.8 Å². The molecule has 0 saturated carbocycles. The van der Waals surface area contributed by atoms with Gasteiger partial charge in [-0.2, -0.15) is 0 Å². The molecule has 0 aliphatic rings. The quantitative estimate of drug-likeness (QED) is 0.729. The Kier molecular flexibility index (Phi) is 7.01. The van der Waals surface area contributed by atoms with E-state index in [0.717, 1.165) is 27.8 Å². The number of carbonyl (C=O) groups excluding carboxylic acids is 1. The van der Waals surface area contributed by atoms with Gasteiger partial charge in [-0.1, -0.05) is 37.7 Å². The summed E-state index contributed by atoms with van der Waals surface area (Å²) in [5, 5.41) is 12.2. The number of aromatic nitrogens is 3. The van der Waals surface area contributed by atoms with E-state index in [2.05, 4.69) is 29.4 Å². The second kappa shape index (κ2) is 9.01. The molecule has 1 amide bonds. The first kappa shape index (κ1) is 19.5. The van der Waals surface area contributed by atoms with E-state index >= 15 is 0 Å². The zero-order valence-corrected chi connectivity index (χ0v) is 16.3. The van der Waals surface area contributed by atoms with Gasteiger partial charge in [0.1, 0.15) is 5.82 Å². The maximum Gasteiger partial charge on any atom is 0.234 e. The van der Waals surface area contributed by atoms with Gasteiger partial charge in [0.2, 0.25) is 5.91 Å². The molecule has 1 heterocycles. The standard InChI is InChI=1S/C18H26N4O2S/c1-12(2)17-20-21-18(22(17)8-9-24-5)25-11-16(23)19-15-10-13(3)6-7-14(15)4/h6-7,10,12H,8-9,11H2,1-5H3,(H,19,23). The Bertz CT molecular complexity index is 728. The molecular weight excluding hydrogens is 336 g/mol. The van der Waals surface area contributed by atoms with Gasteiger partial charge in [0.15, 0.2) is 5.16 Å². The summed E-state index contributed by atoms with van der Waals surface area (Å²) in [5.41, 5.74) is 3.03. The molecule has 0 spiro atoms. The molecule has 0 aliphatic heterocycles. The van der Waals surface area contributed by atoms with Crippen molar-refractivity contribution in [2.24, 2.45) is 0 Å². The Labute approximate surface area is 153 Å². The van der Waals surface area contributed by atoms with Gasteiger partial charge in [0.05, 0.1) is 12.4 Å². The van der Waals surface area contributed by atoms with E-state index in [9.17, 15) is 4.79 Å². The summed E-state index contributed by atoms with van der Waals surface area (Å²) >= 11 is 1.39. The molecule has 0 radical (unpaired) electrons. The number of anilines is 1. The van der Waals surface area contributed by atoms with Crippen molar-refractivity contribution in [3.8, 4) is 0 Å². The van der Waals surface area contributed by atoms with Gasteiger partial charge in [0.25, 0.3) is 0 Å². The second-order valence-corrected chi connectivity index (χ2v) is 7.24. The molecule has 2 rings (SSSR count). The van der Waals surface area contributed by atoms with Crippen molar-refractivity contribution < 1.29 is 9.53 Å². The number of hydrogen-bond acceptors (Lipinski definition) is 5. The van der Waals surface area contributed by atoms with Crippen LogP contribution in [0.5, 0.6) is 0 Å². The van der Waals surface area contributed by atoms with E-state index in [4.69, 9.17) is 4.74 Å². The van der Waals surface area contributed by atoms with Gasteiger partial charge < -0.3 is 14.6 Å². The summed E-state index contributed by atoms with van der Waals surface area (Å²) in [5.74, 6) is 1.42. The second-order valence-electron chi connectivity index (χ2n) is 6.30. The van der Waals surface area contributed by atoms with Crippen molar-refractivity contribution >= 4 is 23.4 Å². The van der Waals surface area contributed by atoms with Gasteiger partial charge in [-0.05, 0) is 31.0 Å². The number of benzene rings is 1. The Hall–Kier alpha value is -1.86. The highest BCUT2D eigenvalue weighted by Crippen LogP contribution is 2.22. The number of carbonyl (C=O) groups is 1. The zero-order valence-electron chi connectivity index (χ0n) is 15.5. The molecular formula is C18H26N4O2S. The average Bonchev–Trinajstić information content (AvgIpc) is 2.97. The largest absolute Gasteiger partial charge is 0.383 e. The number of aryl methyl sites for hydroxylation is 2. The lowest BCUT2D eigenvalue weighted by molar-refractivity contribution is -0.113. The molecule has 0 unspecified atom stereocenters. The lowest BCUT2D eigenvalue weighted by Crippen LogP contribution is -2.16. The Morgan fingerprint density at radius 1 is 1.32 bits per heavy atom. The van der Waals surface area contributed by atoms with Gasteiger partial charge in [-0.25, -0.2) is 0 Å². The highest BCUT2D eigenvalue weighted by Gasteiger charge is 2.16. The normalized spacial score (nSPS) is 11.1. The summed E-state index contributed by atoms with van der Waals surface area (Å²) in [6, 6.07) is 6.02. The predicted molar refractivity (Wildman–Crippen MR) is 101 cm³/mol. The molecule has 7 heteroatoms. The molecule has 1 N–H and O–H groups in total. The molecule has 2 aromatic rings. The lowest BCUT2D eigenvalue weighted by atomic mass is 10.1. The van der Waals surface area contributed by atoms with Crippen LogP contribution in [0.1, 0.15) is 36.7 Å². The van der Waals surface area contributed by atoms with Crippen molar-refractivity contribution in [2.45, 2.75) is 45.3 Å². The molecule has 25 heavy (non-hydrogen) atoms. The summed E-state index contributed by atoms with van der Waals surface area (Å²) in [6.45, 7) is 9.41.